The number of amidine groups is 1. The number of amides is 1. The SMILES string of the molecule is Cc1nn(Cc2ccc(Cl)cc2C(F)(F)F)c2ccc(/C=C3/SC(N4CCN(C)C(C)(C)C4)=NC3=O)cc12. The predicted molar refractivity (Wildman–Crippen MR) is 146 cm³/mol. The summed E-state index contributed by atoms with van der Waals surface area (Å²) in [6.45, 7) is 8.58. The van der Waals surface area contributed by atoms with Crippen molar-refractivity contribution in [1.29, 1.82) is 0 Å². The first-order valence-electron chi connectivity index (χ1n) is 12.1. The summed E-state index contributed by atoms with van der Waals surface area (Å²) in [5.41, 5.74) is 1.48. The lowest BCUT2D eigenvalue weighted by Gasteiger charge is -2.45. The van der Waals surface area contributed by atoms with E-state index in [1.54, 1.807) is 4.68 Å². The van der Waals surface area contributed by atoms with Crippen LogP contribution in [0.4, 0.5) is 13.2 Å². The highest BCUT2D eigenvalue weighted by atomic mass is 35.5. The topological polar surface area (TPSA) is 53.7 Å². The highest BCUT2D eigenvalue weighted by Gasteiger charge is 2.36. The zero-order chi connectivity index (χ0) is 27.4. The molecule has 3 aromatic rings. The fourth-order valence-electron chi connectivity index (χ4n) is 4.77. The summed E-state index contributed by atoms with van der Waals surface area (Å²) >= 11 is 7.20. The number of aliphatic imine (C=N–C) groups is 1. The second-order valence-corrected chi connectivity index (χ2v) is 11.7. The number of fused-ring (bicyclic) bond motifs is 1. The molecule has 1 saturated heterocycles. The summed E-state index contributed by atoms with van der Waals surface area (Å²) in [5.74, 6) is -0.267. The van der Waals surface area contributed by atoms with Crippen LogP contribution in [0.1, 0.15) is 36.2 Å². The minimum Gasteiger partial charge on any atom is -0.348 e. The number of hydrogen-bond donors (Lipinski definition) is 0. The second-order valence-electron chi connectivity index (χ2n) is 10.3. The Hall–Kier alpha value is -2.82. The summed E-state index contributed by atoms with van der Waals surface area (Å²) in [6.07, 6.45) is -2.72. The molecule has 11 heteroatoms. The first-order valence-corrected chi connectivity index (χ1v) is 13.3. The second kappa shape index (κ2) is 9.73. The van der Waals surface area contributed by atoms with Gasteiger partial charge in [-0.05, 0) is 81.0 Å². The number of nitrogens with zero attached hydrogens (tertiary/aromatic N) is 5. The van der Waals surface area contributed by atoms with Crippen LogP contribution in [0.3, 0.4) is 0 Å². The van der Waals surface area contributed by atoms with Crippen molar-refractivity contribution in [3.8, 4) is 0 Å². The lowest BCUT2D eigenvalue weighted by molar-refractivity contribution is -0.138. The average Bonchev–Trinajstić information content (AvgIpc) is 3.35. The standard InChI is InChI=1S/C27H27ClF3N5OS/c1-16-20-11-17(12-23-24(37)32-25(38-23)35-10-9-34(4)26(2,3)15-35)5-8-22(20)36(33-16)14-18-6-7-19(28)13-21(18)27(29,30)31/h5-8,11-13H,9-10,14-15H2,1-4H3/b23-12+. The molecule has 0 radical (unpaired) electrons. The number of thioether (sulfide) groups is 1. The predicted octanol–water partition coefficient (Wildman–Crippen LogP) is 6.06. The number of hydrogen-bond acceptors (Lipinski definition) is 5. The van der Waals surface area contributed by atoms with Crippen LogP contribution in [0.5, 0.6) is 0 Å². The van der Waals surface area contributed by atoms with Gasteiger partial charge >= 0.3 is 6.18 Å². The van der Waals surface area contributed by atoms with Crippen molar-refractivity contribution in [1.82, 2.24) is 19.6 Å². The molecule has 3 heterocycles. The number of alkyl halides is 3. The Morgan fingerprint density at radius 2 is 1.92 bits per heavy atom. The highest BCUT2D eigenvalue weighted by molar-refractivity contribution is 8.18. The van der Waals surface area contributed by atoms with E-state index in [1.165, 1.54) is 23.9 Å². The highest BCUT2D eigenvalue weighted by Crippen LogP contribution is 2.36. The lowest BCUT2D eigenvalue weighted by atomic mass is 10.0. The zero-order valence-electron chi connectivity index (χ0n) is 21.4. The smallest absolute Gasteiger partial charge is 0.348 e. The van der Waals surface area contributed by atoms with Crippen molar-refractivity contribution >= 4 is 51.4 Å². The molecule has 0 saturated carbocycles. The van der Waals surface area contributed by atoms with Crippen molar-refractivity contribution in [3.63, 3.8) is 0 Å². The maximum atomic E-state index is 13.6. The van der Waals surface area contributed by atoms with E-state index in [2.05, 4.69) is 40.8 Å². The number of piperazine rings is 1. The van der Waals surface area contributed by atoms with Gasteiger partial charge in [0.2, 0.25) is 0 Å². The lowest BCUT2D eigenvalue weighted by Crippen LogP contribution is -2.58. The largest absolute Gasteiger partial charge is 0.416 e. The maximum absolute atomic E-state index is 13.6. The van der Waals surface area contributed by atoms with Crippen LogP contribution >= 0.6 is 23.4 Å². The van der Waals surface area contributed by atoms with Gasteiger partial charge in [-0.25, -0.2) is 0 Å². The number of aromatic nitrogens is 2. The Labute approximate surface area is 228 Å². The fraction of sp³-hybridized carbons (Fsp3) is 0.370. The monoisotopic (exact) mass is 561 g/mol. The van der Waals surface area contributed by atoms with Gasteiger partial charge in [-0.1, -0.05) is 23.7 Å². The third kappa shape index (κ3) is 5.21. The van der Waals surface area contributed by atoms with E-state index in [9.17, 15) is 18.0 Å². The zero-order valence-corrected chi connectivity index (χ0v) is 23.0. The van der Waals surface area contributed by atoms with Crippen LogP contribution in [0.15, 0.2) is 46.3 Å². The van der Waals surface area contributed by atoms with Crippen LogP contribution in [0.25, 0.3) is 17.0 Å². The molecule has 0 bridgehead atoms. The van der Waals surface area contributed by atoms with E-state index in [0.717, 1.165) is 41.8 Å². The molecule has 0 N–H and O–H groups in total. The molecule has 38 heavy (non-hydrogen) atoms. The van der Waals surface area contributed by atoms with Crippen LogP contribution in [0, 0.1) is 6.92 Å². The van der Waals surface area contributed by atoms with Crippen molar-refractivity contribution in [2.45, 2.75) is 39.0 Å². The number of rotatable bonds is 3. The molecule has 0 spiro atoms. The van der Waals surface area contributed by atoms with E-state index in [-0.39, 0.29) is 28.6 Å². The first-order chi connectivity index (χ1) is 17.8. The molecule has 2 aliphatic heterocycles. The van der Waals surface area contributed by atoms with Gasteiger partial charge in [0, 0.05) is 35.6 Å². The molecule has 0 atom stereocenters. The Morgan fingerprint density at radius 1 is 1.16 bits per heavy atom. The molecule has 6 nitrogen and oxygen atoms in total. The number of likely N-dealkylation sites (N-methyl/N-ethyl adjacent to an activating group) is 1. The van der Waals surface area contributed by atoms with Gasteiger partial charge < -0.3 is 4.90 Å². The van der Waals surface area contributed by atoms with Gasteiger partial charge in [0.25, 0.3) is 5.91 Å². The quantitative estimate of drug-likeness (QED) is 0.364. The van der Waals surface area contributed by atoms with Gasteiger partial charge in [-0.2, -0.15) is 23.3 Å². The van der Waals surface area contributed by atoms with Crippen molar-refractivity contribution in [3.05, 3.63) is 68.7 Å². The van der Waals surface area contributed by atoms with Gasteiger partial charge in [0.05, 0.1) is 28.2 Å². The molecule has 200 valence electrons. The minimum atomic E-state index is -4.52. The summed E-state index contributed by atoms with van der Waals surface area (Å²) < 4.78 is 42.3. The summed E-state index contributed by atoms with van der Waals surface area (Å²) in [5, 5.41) is 6.06. The van der Waals surface area contributed by atoms with Crippen LogP contribution in [-0.2, 0) is 17.5 Å². The molecule has 1 fully saturated rings. The Kier molecular flexibility index (Phi) is 6.86. The van der Waals surface area contributed by atoms with Gasteiger partial charge in [-0.3, -0.25) is 14.4 Å². The Balaban J connectivity index is 1.39. The first kappa shape index (κ1) is 26.8. The fourth-order valence-corrected chi connectivity index (χ4v) is 5.88. The van der Waals surface area contributed by atoms with E-state index in [1.807, 2.05) is 31.2 Å². The third-order valence-corrected chi connectivity index (χ3v) is 8.43. The van der Waals surface area contributed by atoms with E-state index in [4.69, 9.17) is 11.6 Å². The van der Waals surface area contributed by atoms with Crippen LogP contribution in [0.2, 0.25) is 5.02 Å². The molecule has 2 aliphatic rings. The van der Waals surface area contributed by atoms with Crippen LogP contribution < -0.4 is 0 Å². The van der Waals surface area contributed by atoms with E-state index >= 15 is 0 Å². The van der Waals surface area contributed by atoms with E-state index in [0.29, 0.717) is 16.1 Å². The maximum Gasteiger partial charge on any atom is 0.416 e. The summed E-state index contributed by atoms with van der Waals surface area (Å²) in [4.78, 5) is 22.0. The number of carbonyl (C=O) groups is 1. The third-order valence-electron chi connectivity index (χ3n) is 7.15. The van der Waals surface area contributed by atoms with Gasteiger partial charge in [-0.15, -0.1) is 0 Å². The minimum absolute atomic E-state index is 0.0214. The van der Waals surface area contributed by atoms with Crippen molar-refractivity contribution < 1.29 is 18.0 Å². The van der Waals surface area contributed by atoms with Gasteiger partial charge in [0.15, 0.2) is 5.17 Å². The molecule has 1 aromatic heterocycles. The summed E-state index contributed by atoms with van der Waals surface area (Å²) in [7, 11) is 2.10. The Morgan fingerprint density at radius 3 is 2.63 bits per heavy atom. The number of aryl methyl sites for hydroxylation is 1. The molecule has 0 unspecified atom stereocenters. The van der Waals surface area contributed by atoms with Crippen molar-refractivity contribution in [2.24, 2.45) is 4.99 Å². The molecule has 2 aromatic carbocycles. The van der Waals surface area contributed by atoms with Gasteiger partial charge in [0.1, 0.15) is 0 Å². The number of benzene rings is 2. The van der Waals surface area contributed by atoms with Crippen LogP contribution in [-0.4, -0.2) is 62.9 Å². The molecule has 1 amide bonds. The molecular formula is C27H27ClF3N5OS. The van der Waals surface area contributed by atoms with Crippen molar-refractivity contribution in [2.75, 3.05) is 26.7 Å². The molecule has 5 rings (SSSR count). The summed E-state index contributed by atoms with van der Waals surface area (Å²) in [6, 6.07) is 9.33. The molecule has 0 aliphatic carbocycles. The number of halogens is 4. The molecular weight excluding hydrogens is 535 g/mol. The normalized spacial score (nSPS) is 19.6. The number of carbonyl (C=O) groups excluding carboxylic acids is 1. The van der Waals surface area contributed by atoms with E-state index < -0.39 is 11.7 Å². The average molecular weight is 562 g/mol. The Bertz CT molecular complexity index is 1490.